The van der Waals surface area contributed by atoms with Gasteiger partial charge in [0.05, 0.1) is 10.9 Å². The van der Waals surface area contributed by atoms with E-state index in [4.69, 9.17) is 11.6 Å². The van der Waals surface area contributed by atoms with E-state index in [-0.39, 0.29) is 11.2 Å². The van der Waals surface area contributed by atoms with Gasteiger partial charge in [-0.2, -0.15) is 0 Å². The number of benzene rings is 1. The molecule has 2 unspecified atom stereocenters. The van der Waals surface area contributed by atoms with Gasteiger partial charge in [0, 0.05) is 25.2 Å². The Balaban J connectivity index is 1.79. The smallest absolute Gasteiger partial charge is 0.151 e. The lowest BCUT2D eigenvalue weighted by Crippen LogP contribution is -2.24. The summed E-state index contributed by atoms with van der Waals surface area (Å²) in [5.74, 6) is 0.529. The largest absolute Gasteiger partial charge is 0.322 e. The maximum absolute atomic E-state index is 14.0. The molecule has 5 heteroatoms. The number of halogens is 2. The molecule has 0 spiro atoms. The summed E-state index contributed by atoms with van der Waals surface area (Å²) in [6, 6.07) is 6.31. The Labute approximate surface area is 128 Å². The number of aromatic nitrogens is 2. The molecule has 1 aromatic heterocycles. The third kappa shape index (κ3) is 2.25. The summed E-state index contributed by atoms with van der Waals surface area (Å²) >= 11 is 6.30. The van der Waals surface area contributed by atoms with Crippen molar-refractivity contribution in [3.05, 3.63) is 29.8 Å². The summed E-state index contributed by atoms with van der Waals surface area (Å²) in [6.07, 6.45) is 3.74. The highest BCUT2D eigenvalue weighted by Gasteiger charge is 2.36. The molecule has 3 nitrogen and oxygen atoms in total. The minimum absolute atomic E-state index is 0.216. The summed E-state index contributed by atoms with van der Waals surface area (Å²) < 4.78 is 16.2. The lowest BCUT2D eigenvalue weighted by molar-refractivity contribution is 0.313. The van der Waals surface area contributed by atoms with Crippen LogP contribution in [-0.2, 0) is 0 Å². The van der Waals surface area contributed by atoms with Gasteiger partial charge in [-0.3, -0.25) is 4.90 Å². The summed E-state index contributed by atoms with van der Waals surface area (Å²) in [7, 11) is 0. The standard InChI is InChI=1S/C16H19ClFN3/c1-10(17)16-19-15-13(18)3-2-4-14(15)21(16)12-7-8-20(9-12)11-5-6-11/h2-4,10-12H,5-9H2,1H3. The van der Waals surface area contributed by atoms with Crippen molar-refractivity contribution in [2.75, 3.05) is 13.1 Å². The molecule has 2 atom stereocenters. The molecule has 4 rings (SSSR count). The van der Waals surface area contributed by atoms with Crippen molar-refractivity contribution < 1.29 is 4.39 Å². The van der Waals surface area contributed by atoms with E-state index in [0.717, 1.165) is 36.9 Å². The maximum atomic E-state index is 14.0. The molecule has 0 bridgehead atoms. The fourth-order valence-corrected chi connectivity index (χ4v) is 3.67. The molecule has 0 amide bonds. The average molecular weight is 308 g/mol. The van der Waals surface area contributed by atoms with Crippen LogP contribution in [-0.4, -0.2) is 33.6 Å². The van der Waals surface area contributed by atoms with Crippen LogP contribution in [0.5, 0.6) is 0 Å². The van der Waals surface area contributed by atoms with Gasteiger partial charge in [-0.25, -0.2) is 9.37 Å². The molecule has 1 aliphatic carbocycles. The molecule has 2 fully saturated rings. The van der Waals surface area contributed by atoms with Gasteiger partial charge in [0.15, 0.2) is 5.82 Å². The first-order chi connectivity index (χ1) is 10.1. The van der Waals surface area contributed by atoms with Crippen LogP contribution in [0.15, 0.2) is 18.2 Å². The number of fused-ring (bicyclic) bond motifs is 1. The molecule has 1 aromatic carbocycles. The van der Waals surface area contributed by atoms with Crippen molar-refractivity contribution in [1.82, 2.24) is 14.5 Å². The molecular weight excluding hydrogens is 289 g/mol. The third-order valence-electron chi connectivity index (χ3n) is 4.68. The van der Waals surface area contributed by atoms with Crippen molar-refractivity contribution in [2.24, 2.45) is 0 Å². The number of likely N-dealkylation sites (tertiary alicyclic amines) is 1. The lowest BCUT2D eigenvalue weighted by Gasteiger charge is -2.19. The number of nitrogens with zero attached hydrogens (tertiary/aromatic N) is 3. The number of imidazole rings is 1. The second kappa shape index (κ2) is 4.96. The molecule has 1 saturated heterocycles. The number of para-hydroxylation sites is 1. The molecule has 0 radical (unpaired) electrons. The normalized spacial score (nSPS) is 24.8. The minimum atomic E-state index is -0.262. The average Bonchev–Trinajstić information content (AvgIpc) is 3.05. The zero-order chi connectivity index (χ0) is 14.6. The first-order valence-corrected chi connectivity index (χ1v) is 8.13. The predicted molar refractivity (Wildman–Crippen MR) is 82.2 cm³/mol. The summed E-state index contributed by atoms with van der Waals surface area (Å²) in [6.45, 7) is 4.06. The molecule has 1 aliphatic heterocycles. The minimum Gasteiger partial charge on any atom is -0.322 e. The van der Waals surface area contributed by atoms with Crippen molar-refractivity contribution in [3.63, 3.8) is 0 Å². The van der Waals surface area contributed by atoms with Gasteiger partial charge in [-0.05, 0) is 38.3 Å². The first kappa shape index (κ1) is 13.5. The van der Waals surface area contributed by atoms with Gasteiger partial charge in [0.25, 0.3) is 0 Å². The number of hydrogen-bond acceptors (Lipinski definition) is 2. The van der Waals surface area contributed by atoms with Gasteiger partial charge in [0.1, 0.15) is 11.3 Å². The number of alkyl halides is 1. The SMILES string of the molecule is CC(Cl)c1nc2c(F)cccc2n1C1CCN(C2CC2)C1. The monoisotopic (exact) mass is 307 g/mol. The third-order valence-corrected chi connectivity index (χ3v) is 4.87. The molecule has 2 heterocycles. The zero-order valence-electron chi connectivity index (χ0n) is 12.1. The molecule has 2 aliphatic rings. The zero-order valence-corrected chi connectivity index (χ0v) is 12.9. The van der Waals surface area contributed by atoms with Gasteiger partial charge >= 0.3 is 0 Å². The highest BCUT2D eigenvalue weighted by atomic mass is 35.5. The Kier molecular flexibility index (Phi) is 3.19. The van der Waals surface area contributed by atoms with Crippen LogP contribution in [0.2, 0.25) is 0 Å². The van der Waals surface area contributed by atoms with Crippen LogP contribution in [0.3, 0.4) is 0 Å². The maximum Gasteiger partial charge on any atom is 0.151 e. The first-order valence-electron chi connectivity index (χ1n) is 7.69. The summed E-state index contributed by atoms with van der Waals surface area (Å²) in [5, 5.41) is -0.216. The molecule has 2 aromatic rings. The predicted octanol–water partition coefficient (Wildman–Crippen LogP) is 3.88. The second-order valence-corrected chi connectivity index (χ2v) is 6.89. The van der Waals surface area contributed by atoms with E-state index in [9.17, 15) is 4.39 Å². The van der Waals surface area contributed by atoms with E-state index in [1.165, 1.54) is 18.9 Å². The topological polar surface area (TPSA) is 21.1 Å². The second-order valence-electron chi connectivity index (χ2n) is 6.23. The van der Waals surface area contributed by atoms with E-state index in [0.29, 0.717) is 11.6 Å². The lowest BCUT2D eigenvalue weighted by atomic mass is 10.2. The van der Waals surface area contributed by atoms with Crippen molar-refractivity contribution in [3.8, 4) is 0 Å². The fourth-order valence-electron chi connectivity index (χ4n) is 3.52. The Hall–Kier alpha value is -1.13. The van der Waals surface area contributed by atoms with Gasteiger partial charge in [-0.15, -0.1) is 11.6 Å². The van der Waals surface area contributed by atoms with E-state index >= 15 is 0 Å². The molecule has 21 heavy (non-hydrogen) atoms. The number of hydrogen-bond donors (Lipinski definition) is 0. The van der Waals surface area contributed by atoms with Crippen LogP contribution < -0.4 is 0 Å². The molecular formula is C16H19ClFN3. The van der Waals surface area contributed by atoms with E-state index in [2.05, 4.69) is 14.5 Å². The van der Waals surface area contributed by atoms with E-state index < -0.39 is 0 Å². The Bertz CT molecular complexity index is 677. The Morgan fingerprint density at radius 3 is 2.81 bits per heavy atom. The van der Waals surface area contributed by atoms with Crippen LogP contribution in [0.4, 0.5) is 4.39 Å². The van der Waals surface area contributed by atoms with Crippen LogP contribution in [0, 0.1) is 5.82 Å². The van der Waals surface area contributed by atoms with Crippen molar-refractivity contribution in [1.29, 1.82) is 0 Å². The van der Waals surface area contributed by atoms with Gasteiger partial charge in [0.2, 0.25) is 0 Å². The fraction of sp³-hybridized carbons (Fsp3) is 0.562. The molecule has 1 saturated carbocycles. The van der Waals surface area contributed by atoms with Crippen LogP contribution in [0.25, 0.3) is 11.0 Å². The highest BCUT2D eigenvalue weighted by Crippen LogP contribution is 2.37. The van der Waals surface area contributed by atoms with Crippen LogP contribution >= 0.6 is 11.6 Å². The Morgan fingerprint density at radius 2 is 2.10 bits per heavy atom. The molecule has 112 valence electrons. The van der Waals surface area contributed by atoms with E-state index in [1.807, 2.05) is 13.0 Å². The Morgan fingerprint density at radius 1 is 1.29 bits per heavy atom. The quantitative estimate of drug-likeness (QED) is 0.802. The molecule has 0 N–H and O–H groups in total. The van der Waals surface area contributed by atoms with Crippen LogP contribution in [0.1, 0.15) is 43.4 Å². The summed E-state index contributed by atoms with van der Waals surface area (Å²) in [5.41, 5.74) is 1.32. The summed E-state index contributed by atoms with van der Waals surface area (Å²) in [4.78, 5) is 7.03. The van der Waals surface area contributed by atoms with Crippen molar-refractivity contribution in [2.45, 2.75) is 43.6 Å². The van der Waals surface area contributed by atoms with Gasteiger partial charge < -0.3 is 4.57 Å². The number of rotatable bonds is 3. The highest BCUT2D eigenvalue weighted by molar-refractivity contribution is 6.20. The van der Waals surface area contributed by atoms with Crippen molar-refractivity contribution >= 4 is 22.6 Å². The van der Waals surface area contributed by atoms with Gasteiger partial charge in [-0.1, -0.05) is 6.07 Å². The van der Waals surface area contributed by atoms with E-state index in [1.54, 1.807) is 6.07 Å².